The molecule has 0 saturated heterocycles. The molecule has 4 heteroatoms. The van der Waals surface area contributed by atoms with Gasteiger partial charge in [0.15, 0.2) is 0 Å². The molecule has 106 valence electrons. The molecule has 1 aromatic heterocycles. The molecule has 2 rings (SSSR count). The average Bonchev–Trinajstić information content (AvgIpc) is 2.47. The Labute approximate surface area is 119 Å². The van der Waals surface area contributed by atoms with Gasteiger partial charge in [-0.25, -0.2) is 4.39 Å². The molecule has 3 nitrogen and oxygen atoms in total. The van der Waals surface area contributed by atoms with Gasteiger partial charge < -0.3 is 10.2 Å². The second-order valence-electron chi connectivity index (χ2n) is 4.93. The van der Waals surface area contributed by atoms with E-state index in [0.717, 1.165) is 23.4 Å². The van der Waals surface area contributed by atoms with Crippen LogP contribution < -0.4 is 10.2 Å². The van der Waals surface area contributed by atoms with Crippen LogP contribution in [-0.2, 0) is 6.54 Å². The van der Waals surface area contributed by atoms with Crippen LogP contribution in [0.2, 0.25) is 0 Å². The summed E-state index contributed by atoms with van der Waals surface area (Å²) in [7, 11) is 3.88. The van der Waals surface area contributed by atoms with Crippen LogP contribution in [0.25, 0.3) is 0 Å². The van der Waals surface area contributed by atoms with Gasteiger partial charge in [-0.05, 0) is 49.4 Å². The molecule has 0 spiro atoms. The Morgan fingerprint density at radius 1 is 1.35 bits per heavy atom. The van der Waals surface area contributed by atoms with E-state index in [0.29, 0.717) is 0 Å². The molecule has 2 aromatic rings. The Morgan fingerprint density at radius 2 is 2.15 bits per heavy atom. The largest absolute Gasteiger partial charge is 0.370 e. The SMILES string of the molecule is CNC(C)c1cc(F)ccc1N(C)Cc1cccnc1. The fraction of sp³-hybridized carbons (Fsp3) is 0.312. The molecule has 0 aliphatic rings. The first-order valence-corrected chi connectivity index (χ1v) is 6.68. The molecule has 1 heterocycles. The van der Waals surface area contributed by atoms with Crippen LogP contribution in [0, 0.1) is 5.82 Å². The summed E-state index contributed by atoms with van der Waals surface area (Å²) in [6.07, 6.45) is 3.61. The van der Waals surface area contributed by atoms with Gasteiger partial charge in [0, 0.05) is 37.7 Å². The van der Waals surface area contributed by atoms with E-state index in [9.17, 15) is 4.39 Å². The van der Waals surface area contributed by atoms with Gasteiger partial charge in [0.1, 0.15) is 5.82 Å². The third-order valence-corrected chi connectivity index (χ3v) is 3.44. The minimum Gasteiger partial charge on any atom is -0.370 e. The van der Waals surface area contributed by atoms with E-state index in [1.807, 2.05) is 45.4 Å². The maximum atomic E-state index is 13.5. The lowest BCUT2D eigenvalue weighted by Gasteiger charge is -2.25. The van der Waals surface area contributed by atoms with Crippen LogP contribution in [-0.4, -0.2) is 19.1 Å². The van der Waals surface area contributed by atoms with Crippen molar-refractivity contribution in [3.05, 3.63) is 59.7 Å². The molecular weight excluding hydrogens is 253 g/mol. The maximum Gasteiger partial charge on any atom is 0.123 e. The van der Waals surface area contributed by atoms with Crippen molar-refractivity contribution in [3.63, 3.8) is 0 Å². The fourth-order valence-corrected chi connectivity index (χ4v) is 2.23. The number of aromatic nitrogens is 1. The van der Waals surface area contributed by atoms with Crippen molar-refractivity contribution in [3.8, 4) is 0 Å². The number of rotatable bonds is 5. The van der Waals surface area contributed by atoms with Crippen molar-refractivity contribution in [1.82, 2.24) is 10.3 Å². The number of anilines is 1. The molecule has 1 aromatic carbocycles. The molecular formula is C16H20FN3. The minimum atomic E-state index is -0.208. The zero-order valence-corrected chi connectivity index (χ0v) is 12.1. The van der Waals surface area contributed by atoms with E-state index in [1.165, 1.54) is 6.07 Å². The summed E-state index contributed by atoms with van der Waals surface area (Å²) in [6, 6.07) is 8.97. The molecule has 0 aliphatic carbocycles. The van der Waals surface area contributed by atoms with Crippen molar-refractivity contribution in [2.45, 2.75) is 19.5 Å². The first-order chi connectivity index (χ1) is 9.61. The highest BCUT2D eigenvalue weighted by molar-refractivity contribution is 5.54. The lowest BCUT2D eigenvalue weighted by Crippen LogP contribution is -2.21. The summed E-state index contributed by atoms with van der Waals surface area (Å²) in [4.78, 5) is 6.23. The Balaban J connectivity index is 2.27. The van der Waals surface area contributed by atoms with Crippen LogP contribution in [0.5, 0.6) is 0 Å². The van der Waals surface area contributed by atoms with Gasteiger partial charge in [-0.1, -0.05) is 6.07 Å². The van der Waals surface area contributed by atoms with E-state index >= 15 is 0 Å². The fourth-order valence-electron chi connectivity index (χ4n) is 2.23. The maximum absolute atomic E-state index is 13.5. The van der Waals surface area contributed by atoms with Crippen LogP contribution in [0.3, 0.4) is 0 Å². The highest BCUT2D eigenvalue weighted by Crippen LogP contribution is 2.27. The molecule has 0 saturated carbocycles. The second-order valence-corrected chi connectivity index (χ2v) is 4.93. The van der Waals surface area contributed by atoms with Crippen molar-refractivity contribution in [2.24, 2.45) is 0 Å². The lowest BCUT2D eigenvalue weighted by atomic mass is 10.0. The van der Waals surface area contributed by atoms with E-state index in [2.05, 4.69) is 15.2 Å². The van der Waals surface area contributed by atoms with Gasteiger partial charge in [-0.15, -0.1) is 0 Å². The first kappa shape index (κ1) is 14.5. The van der Waals surface area contributed by atoms with Crippen molar-refractivity contribution in [2.75, 3.05) is 19.0 Å². The molecule has 20 heavy (non-hydrogen) atoms. The van der Waals surface area contributed by atoms with Gasteiger partial charge in [-0.3, -0.25) is 4.98 Å². The third-order valence-electron chi connectivity index (χ3n) is 3.44. The number of hydrogen-bond donors (Lipinski definition) is 1. The highest BCUT2D eigenvalue weighted by atomic mass is 19.1. The Kier molecular flexibility index (Phi) is 4.69. The third kappa shape index (κ3) is 3.33. The van der Waals surface area contributed by atoms with Crippen molar-refractivity contribution in [1.29, 1.82) is 0 Å². The number of halogens is 1. The zero-order valence-electron chi connectivity index (χ0n) is 12.1. The summed E-state index contributed by atoms with van der Waals surface area (Å²) >= 11 is 0. The summed E-state index contributed by atoms with van der Waals surface area (Å²) in [6.45, 7) is 2.76. The summed E-state index contributed by atoms with van der Waals surface area (Å²) in [5, 5.41) is 3.16. The smallest absolute Gasteiger partial charge is 0.123 e. The average molecular weight is 273 g/mol. The van der Waals surface area contributed by atoms with Crippen LogP contribution in [0.15, 0.2) is 42.7 Å². The number of nitrogens with one attached hydrogen (secondary N) is 1. The predicted molar refractivity (Wildman–Crippen MR) is 80.2 cm³/mol. The standard InChI is InChI=1S/C16H20FN3/c1-12(18-2)15-9-14(17)6-7-16(15)20(3)11-13-5-4-8-19-10-13/h4-10,12,18H,11H2,1-3H3. The number of pyridine rings is 1. The predicted octanol–water partition coefficient (Wildman–Crippen LogP) is 3.14. The van der Waals surface area contributed by atoms with Gasteiger partial charge >= 0.3 is 0 Å². The highest BCUT2D eigenvalue weighted by Gasteiger charge is 2.13. The molecule has 0 amide bonds. The number of nitrogens with zero attached hydrogens (tertiary/aromatic N) is 2. The monoisotopic (exact) mass is 273 g/mol. The summed E-state index contributed by atoms with van der Waals surface area (Å²) in [5.74, 6) is -0.208. The second kappa shape index (κ2) is 6.48. The van der Waals surface area contributed by atoms with E-state index in [1.54, 1.807) is 12.3 Å². The van der Waals surface area contributed by atoms with Crippen molar-refractivity contribution >= 4 is 5.69 Å². The summed E-state index contributed by atoms with van der Waals surface area (Å²) in [5.41, 5.74) is 3.11. The van der Waals surface area contributed by atoms with Crippen LogP contribution >= 0.6 is 0 Å². The normalized spacial score (nSPS) is 12.2. The molecule has 1 unspecified atom stereocenters. The summed E-state index contributed by atoms with van der Waals surface area (Å²) < 4.78 is 13.5. The number of hydrogen-bond acceptors (Lipinski definition) is 3. The Morgan fingerprint density at radius 3 is 2.80 bits per heavy atom. The lowest BCUT2D eigenvalue weighted by molar-refractivity contribution is 0.607. The van der Waals surface area contributed by atoms with Gasteiger partial charge in [0.2, 0.25) is 0 Å². The van der Waals surface area contributed by atoms with E-state index in [-0.39, 0.29) is 11.9 Å². The van der Waals surface area contributed by atoms with Crippen LogP contribution in [0.1, 0.15) is 24.1 Å². The molecule has 1 N–H and O–H groups in total. The molecule has 0 fully saturated rings. The first-order valence-electron chi connectivity index (χ1n) is 6.68. The van der Waals surface area contributed by atoms with Crippen LogP contribution in [0.4, 0.5) is 10.1 Å². The molecule has 0 bridgehead atoms. The van der Waals surface area contributed by atoms with Crippen molar-refractivity contribution < 1.29 is 4.39 Å². The Hall–Kier alpha value is -1.94. The quantitative estimate of drug-likeness (QED) is 0.907. The van der Waals surface area contributed by atoms with Gasteiger partial charge in [0.25, 0.3) is 0 Å². The van der Waals surface area contributed by atoms with Gasteiger partial charge in [-0.2, -0.15) is 0 Å². The number of benzene rings is 1. The molecule has 0 aliphatic heterocycles. The van der Waals surface area contributed by atoms with Gasteiger partial charge in [0.05, 0.1) is 0 Å². The Bertz CT molecular complexity index is 557. The minimum absolute atomic E-state index is 0.0945. The van der Waals surface area contributed by atoms with E-state index in [4.69, 9.17) is 0 Å². The molecule has 1 atom stereocenters. The zero-order chi connectivity index (χ0) is 14.5. The van der Waals surface area contributed by atoms with E-state index < -0.39 is 0 Å². The topological polar surface area (TPSA) is 28.2 Å². The molecule has 0 radical (unpaired) electrons.